The fraction of sp³-hybridized carbons (Fsp3) is 0.800. The number of unbranched alkanes of at least 4 members (excludes halogenated alkanes) is 3. The Kier molecular flexibility index (Phi) is 15.8. The van der Waals surface area contributed by atoms with Gasteiger partial charge in [0.1, 0.15) is 7.11 Å². The smallest absolute Gasteiger partial charge is 0.292 e. The zero-order valence-electron chi connectivity index (χ0n) is 27.0. The molecule has 226 valence electrons. The Morgan fingerprint density at radius 2 is 1.67 bits per heavy atom. The summed E-state index contributed by atoms with van der Waals surface area (Å²) in [6.45, 7) is 21.9. The van der Waals surface area contributed by atoms with Crippen LogP contribution in [0.25, 0.3) is 0 Å². The van der Waals surface area contributed by atoms with Gasteiger partial charge >= 0.3 is 0 Å². The number of carbonyl (C=O) groups is 1. The minimum Gasteiger partial charge on any atom is -0.520 e. The monoisotopic (exact) mass is 597 g/mol. The number of carbonyl (C=O) groups excluding carboxylic acids is 1. The Morgan fingerprint density at radius 1 is 0.974 bits per heavy atom. The fourth-order valence-electron chi connectivity index (χ4n) is 4.94. The first kappa shape index (κ1) is 36.0. The highest BCUT2D eigenvalue weighted by atomic mass is 28.4. The third-order valence-corrected chi connectivity index (χ3v) is 9.18. The molecule has 0 N–H and O–H groups in total. The molecule has 2 unspecified atom stereocenters. The molecule has 6 nitrogen and oxygen atoms in total. The van der Waals surface area contributed by atoms with Gasteiger partial charge in [0.25, 0.3) is 5.97 Å². The van der Waals surface area contributed by atoms with Crippen LogP contribution in [0.3, 0.4) is 0 Å². The molecule has 0 spiro atoms. The second-order valence-corrected chi connectivity index (χ2v) is 27.1. The summed E-state index contributed by atoms with van der Waals surface area (Å²) >= 11 is 0. The first-order chi connectivity index (χ1) is 18.0. The number of oxime groups is 1. The van der Waals surface area contributed by atoms with Crippen LogP contribution in [0.15, 0.2) is 29.5 Å². The summed E-state index contributed by atoms with van der Waals surface area (Å²) in [4.78, 5) is 17.3. The average Bonchev–Trinajstić information content (AvgIpc) is 3.06. The Balaban J connectivity index is 3.03. The van der Waals surface area contributed by atoms with Gasteiger partial charge in [-0.3, -0.25) is 4.79 Å². The second-order valence-electron chi connectivity index (χ2n) is 13.8. The van der Waals surface area contributed by atoms with Gasteiger partial charge in [-0.1, -0.05) is 55.6 Å². The van der Waals surface area contributed by atoms with E-state index in [-0.39, 0.29) is 30.0 Å². The molecule has 0 radical (unpaired) electrons. The van der Waals surface area contributed by atoms with Crippen LogP contribution in [0.5, 0.6) is 0 Å². The fourth-order valence-corrected chi connectivity index (χ4v) is 7.97. The molecule has 0 bridgehead atoms. The van der Waals surface area contributed by atoms with Gasteiger partial charge in [0, 0.05) is 24.7 Å². The van der Waals surface area contributed by atoms with Crippen LogP contribution in [0.4, 0.5) is 0 Å². The molecule has 1 rings (SSSR count). The van der Waals surface area contributed by atoms with E-state index < -0.39 is 25.0 Å². The third-order valence-electron chi connectivity index (χ3n) is 6.32. The highest BCUT2D eigenvalue weighted by Gasteiger charge is 2.42. The largest absolute Gasteiger partial charge is 0.520 e. The van der Waals surface area contributed by atoms with E-state index in [9.17, 15) is 4.79 Å². The normalized spacial score (nSPS) is 22.7. The van der Waals surface area contributed by atoms with Crippen molar-refractivity contribution in [1.82, 2.24) is 0 Å². The van der Waals surface area contributed by atoms with Crippen molar-refractivity contribution in [3.63, 3.8) is 0 Å². The molecule has 0 saturated heterocycles. The Morgan fingerprint density at radius 3 is 2.23 bits per heavy atom. The van der Waals surface area contributed by atoms with E-state index in [1.807, 2.05) is 19.6 Å². The molecule has 1 saturated carbocycles. The van der Waals surface area contributed by atoms with Crippen LogP contribution in [0.1, 0.15) is 64.7 Å². The van der Waals surface area contributed by atoms with Gasteiger partial charge in [0.2, 0.25) is 8.32 Å². The van der Waals surface area contributed by atoms with Gasteiger partial charge in [-0.2, -0.15) is 0 Å². The van der Waals surface area contributed by atoms with Crippen molar-refractivity contribution < 1.29 is 22.9 Å². The maximum absolute atomic E-state index is 12.0. The van der Waals surface area contributed by atoms with Gasteiger partial charge in [-0.15, -0.1) is 0 Å². The first-order valence-electron chi connectivity index (χ1n) is 15.1. The first-order valence-corrected chi connectivity index (χ1v) is 25.3. The second kappa shape index (κ2) is 17.1. The van der Waals surface area contributed by atoms with Crippen LogP contribution < -0.4 is 0 Å². The standard InChI is InChI=1S/C30H59NO5Si3/c1-12-13-16-19-25(34-37(3,4)5)22-23-27-26(28(31-33-2)24-29(27)35-38(6,7)8)20-17-14-15-18-21-30(32)36-39(9,10)11/h14,17,22-23,25-27,29H,12-13,15-16,18-21,24H2,1-11H3/b17-14+,23-22+,31-28+/t25?,26-,27-,29?/m1/s1. The molecule has 0 aromatic rings. The van der Waals surface area contributed by atoms with Crippen molar-refractivity contribution in [2.45, 2.75) is 136 Å². The summed E-state index contributed by atoms with van der Waals surface area (Å²) in [5, 5.41) is 4.46. The molecule has 0 amide bonds. The summed E-state index contributed by atoms with van der Waals surface area (Å²) in [6, 6.07) is 0. The molecular weight excluding hydrogens is 539 g/mol. The van der Waals surface area contributed by atoms with Crippen molar-refractivity contribution in [1.29, 1.82) is 0 Å². The lowest BCUT2D eigenvalue weighted by Crippen LogP contribution is -2.35. The van der Waals surface area contributed by atoms with E-state index in [0.29, 0.717) is 6.42 Å². The van der Waals surface area contributed by atoms with Crippen LogP contribution >= 0.6 is 0 Å². The van der Waals surface area contributed by atoms with Gasteiger partial charge in [0.05, 0.1) is 17.9 Å². The van der Waals surface area contributed by atoms with Gasteiger partial charge in [-0.25, -0.2) is 0 Å². The Hall–Kier alpha value is -1.01. The van der Waals surface area contributed by atoms with E-state index in [4.69, 9.17) is 18.1 Å². The molecule has 0 aliphatic heterocycles. The number of nitrogens with zero attached hydrogens (tertiary/aromatic N) is 1. The Bertz CT molecular complexity index is 809. The van der Waals surface area contributed by atoms with Crippen LogP contribution in [-0.4, -0.2) is 56.0 Å². The van der Waals surface area contributed by atoms with Crippen molar-refractivity contribution in [3.8, 4) is 0 Å². The van der Waals surface area contributed by atoms with Gasteiger partial charge < -0.3 is 18.1 Å². The molecular formula is C30H59NO5Si3. The number of allylic oxidation sites excluding steroid dienone is 2. The van der Waals surface area contributed by atoms with E-state index in [1.165, 1.54) is 19.3 Å². The number of hydrogen-bond donors (Lipinski definition) is 0. The summed E-state index contributed by atoms with van der Waals surface area (Å²) in [5.74, 6) is 0.373. The van der Waals surface area contributed by atoms with Crippen LogP contribution in [-0.2, 0) is 22.9 Å². The molecule has 1 fully saturated rings. The van der Waals surface area contributed by atoms with Crippen molar-refractivity contribution in [2.75, 3.05) is 7.11 Å². The molecule has 4 atom stereocenters. The lowest BCUT2D eigenvalue weighted by atomic mass is 9.89. The van der Waals surface area contributed by atoms with Crippen LogP contribution in [0.2, 0.25) is 58.9 Å². The number of hydrogen-bond acceptors (Lipinski definition) is 6. The van der Waals surface area contributed by atoms with Gasteiger partial charge in [0.15, 0.2) is 16.6 Å². The van der Waals surface area contributed by atoms with Gasteiger partial charge in [-0.05, 0) is 84.6 Å². The molecule has 0 heterocycles. The minimum absolute atomic E-state index is 0.0709. The highest BCUT2D eigenvalue weighted by molar-refractivity contribution is 6.71. The topological polar surface area (TPSA) is 66.4 Å². The predicted molar refractivity (Wildman–Crippen MR) is 173 cm³/mol. The van der Waals surface area contributed by atoms with Crippen LogP contribution in [0, 0.1) is 11.8 Å². The minimum atomic E-state index is -1.81. The third kappa shape index (κ3) is 16.8. The highest BCUT2D eigenvalue weighted by Crippen LogP contribution is 2.38. The predicted octanol–water partition coefficient (Wildman–Crippen LogP) is 8.70. The molecule has 0 aromatic heterocycles. The van der Waals surface area contributed by atoms with E-state index in [2.05, 4.69) is 75.7 Å². The molecule has 1 aliphatic rings. The summed E-state index contributed by atoms with van der Waals surface area (Å²) in [7, 11) is -3.62. The SMILES string of the molecule is CCCCCC(/C=C/[C@H]1C(O[Si](C)(C)C)C/C(=N\OC)[C@@H]1C/C=C/CCCC(=O)O[Si](C)(C)C)O[Si](C)(C)C. The van der Waals surface area contributed by atoms with Crippen molar-refractivity contribution in [2.24, 2.45) is 17.0 Å². The van der Waals surface area contributed by atoms with Crippen molar-refractivity contribution >= 4 is 36.6 Å². The van der Waals surface area contributed by atoms with Crippen molar-refractivity contribution in [3.05, 3.63) is 24.3 Å². The maximum Gasteiger partial charge on any atom is 0.292 e. The molecule has 9 heteroatoms. The average molecular weight is 598 g/mol. The molecule has 39 heavy (non-hydrogen) atoms. The molecule has 0 aromatic carbocycles. The lowest BCUT2D eigenvalue weighted by Gasteiger charge is -2.29. The zero-order valence-corrected chi connectivity index (χ0v) is 30.0. The summed E-state index contributed by atoms with van der Waals surface area (Å²) in [5.41, 5.74) is 1.08. The zero-order chi connectivity index (χ0) is 29.7. The quantitative estimate of drug-likeness (QED) is 0.0684. The van der Waals surface area contributed by atoms with E-state index in [1.54, 1.807) is 7.11 Å². The summed E-state index contributed by atoms with van der Waals surface area (Å²) in [6.07, 6.45) is 17.9. The van der Waals surface area contributed by atoms with E-state index >= 15 is 0 Å². The Labute approximate surface area is 243 Å². The lowest BCUT2D eigenvalue weighted by molar-refractivity contribution is -0.135. The van der Waals surface area contributed by atoms with E-state index in [0.717, 1.165) is 37.8 Å². The number of rotatable bonds is 18. The molecule has 1 aliphatic carbocycles. The summed E-state index contributed by atoms with van der Waals surface area (Å²) < 4.78 is 18.8. The maximum atomic E-state index is 12.0.